The molecule has 0 saturated heterocycles. The first-order valence-electron chi connectivity index (χ1n) is 4.10. The summed E-state index contributed by atoms with van der Waals surface area (Å²) < 4.78 is 0. The molecule has 0 amide bonds. The summed E-state index contributed by atoms with van der Waals surface area (Å²) in [5.74, 6) is 0. The number of hydrogen-bond donors (Lipinski definition) is 2. The fourth-order valence-electron chi connectivity index (χ4n) is 1.18. The summed E-state index contributed by atoms with van der Waals surface area (Å²) in [5, 5.41) is 10.7. The van der Waals surface area contributed by atoms with Crippen molar-refractivity contribution in [1.29, 1.82) is 5.41 Å². The van der Waals surface area contributed by atoms with Gasteiger partial charge in [0.25, 0.3) is 0 Å². The summed E-state index contributed by atoms with van der Waals surface area (Å²) in [6.45, 7) is 1.81. The van der Waals surface area contributed by atoms with Crippen LogP contribution in [0, 0.1) is 5.41 Å². The molecule has 0 aliphatic heterocycles. The molecule has 2 nitrogen and oxygen atoms in total. The minimum absolute atomic E-state index is 0.597. The van der Waals surface area contributed by atoms with Gasteiger partial charge in [-0.15, -0.1) is 11.8 Å². The first-order chi connectivity index (χ1) is 6.19. The van der Waals surface area contributed by atoms with Gasteiger partial charge in [-0.1, -0.05) is 0 Å². The Morgan fingerprint density at radius 1 is 1.46 bits per heavy atom. The fraction of sp³-hybridized carbons (Fsp3) is 0.300. The summed E-state index contributed by atoms with van der Waals surface area (Å²) in [7, 11) is 1.88. The predicted molar refractivity (Wildman–Crippen MR) is 60.3 cm³/mol. The second kappa shape index (κ2) is 4.33. The summed E-state index contributed by atoms with van der Waals surface area (Å²) in [4.78, 5) is 1.20. The van der Waals surface area contributed by atoms with E-state index in [1.165, 1.54) is 4.90 Å². The molecule has 0 atom stereocenters. The van der Waals surface area contributed by atoms with Crippen LogP contribution < -0.4 is 5.32 Å². The molecule has 0 aliphatic carbocycles. The lowest BCUT2D eigenvalue weighted by Gasteiger charge is -2.08. The Morgan fingerprint density at radius 3 is 2.62 bits per heavy atom. The first kappa shape index (κ1) is 10.1. The highest BCUT2D eigenvalue weighted by Gasteiger charge is 2.03. The van der Waals surface area contributed by atoms with Gasteiger partial charge in [0.15, 0.2) is 0 Å². The van der Waals surface area contributed by atoms with Gasteiger partial charge in [0, 0.05) is 28.9 Å². The van der Waals surface area contributed by atoms with Crippen LogP contribution in [0.15, 0.2) is 23.1 Å². The maximum atomic E-state index is 7.60. The molecule has 0 spiro atoms. The molecule has 13 heavy (non-hydrogen) atoms. The van der Waals surface area contributed by atoms with Crippen LogP contribution in [0.1, 0.15) is 12.5 Å². The maximum Gasteiger partial charge on any atom is 0.0430 e. The highest BCUT2D eigenvalue weighted by molar-refractivity contribution is 7.98. The van der Waals surface area contributed by atoms with Gasteiger partial charge in [-0.05, 0) is 31.4 Å². The monoisotopic (exact) mass is 194 g/mol. The highest BCUT2D eigenvalue weighted by atomic mass is 32.2. The fourth-order valence-corrected chi connectivity index (χ4v) is 1.62. The highest BCUT2D eigenvalue weighted by Crippen LogP contribution is 2.22. The van der Waals surface area contributed by atoms with Crippen LogP contribution in [-0.2, 0) is 0 Å². The van der Waals surface area contributed by atoms with Crippen LogP contribution >= 0.6 is 11.8 Å². The standard InChI is InChI=1S/C10H14N2S/c1-7(11)9-6-8(13-3)4-5-10(9)12-2/h4-6,11-12H,1-3H3. The Labute approximate surface area is 83.2 Å². The molecular weight excluding hydrogens is 180 g/mol. The third-order valence-electron chi connectivity index (χ3n) is 1.90. The summed E-state index contributed by atoms with van der Waals surface area (Å²) >= 11 is 1.70. The van der Waals surface area contributed by atoms with Gasteiger partial charge in [-0.3, -0.25) is 0 Å². The van der Waals surface area contributed by atoms with E-state index >= 15 is 0 Å². The van der Waals surface area contributed by atoms with E-state index < -0.39 is 0 Å². The van der Waals surface area contributed by atoms with Gasteiger partial charge >= 0.3 is 0 Å². The number of anilines is 1. The van der Waals surface area contributed by atoms with Crippen LogP contribution in [-0.4, -0.2) is 19.0 Å². The van der Waals surface area contributed by atoms with Gasteiger partial charge in [-0.2, -0.15) is 0 Å². The van der Waals surface area contributed by atoms with Crippen LogP contribution in [0.25, 0.3) is 0 Å². The van der Waals surface area contributed by atoms with Crippen molar-refractivity contribution in [3.8, 4) is 0 Å². The lowest BCUT2D eigenvalue weighted by molar-refractivity contribution is 1.37. The van der Waals surface area contributed by atoms with E-state index in [4.69, 9.17) is 5.41 Å². The molecule has 2 N–H and O–H groups in total. The van der Waals surface area contributed by atoms with E-state index in [-0.39, 0.29) is 0 Å². The third kappa shape index (κ3) is 2.25. The quantitative estimate of drug-likeness (QED) is 0.573. The molecule has 0 radical (unpaired) electrons. The lowest BCUT2D eigenvalue weighted by Crippen LogP contribution is -2.00. The second-order valence-corrected chi connectivity index (χ2v) is 3.67. The van der Waals surface area contributed by atoms with Crippen molar-refractivity contribution in [1.82, 2.24) is 0 Å². The number of hydrogen-bond acceptors (Lipinski definition) is 3. The number of nitrogens with one attached hydrogen (secondary N) is 2. The van der Waals surface area contributed by atoms with Gasteiger partial charge in [-0.25, -0.2) is 0 Å². The Bertz CT molecular complexity index is 321. The lowest BCUT2D eigenvalue weighted by atomic mass is 10.1. The third-order valence-corrected chi connectivity index (χ3v) is 2.63. The Kier molecular flexibility index (Phi) is 3.37. The minimum Gasteiger partial charge on any atom is -0.388 e. The smallest absolute Gasteiger partial charge is 0.0430 e. The van der Waals surface area contributed by atoms with Gasteiger partial charge in [0.05, 0.1) is 0 Å². The van der Waals surface area contributed by atoms with E-state index in [0.29, 0.717) is 5.71 Å². The van der Waals surface area contributed by atoms with Crippen molar-refractivity contribution in [3.05, 3.63) is 23.8 Å². The van der Waals surface area contributed by atoms with Crippen LogP contribution in [0.4, 0.5) is 5.69 Å². The zero-order valence-electron chi connectivity index (χ0n) is 8.14. The summed E-state index contributed by atoms with van der Waals surface area (Å²) in [6, 6.07) is 6.11. The van der Waals surface area contributed by atoms with Crippen molar-refractivity contribution in [2.45, 2.75) is 11.8 Å². The zero-order chi connectivity index (χ0) is 9.84. The molecule has 1 aromatic carbocycles. The average Bonchev–Trinajstić information content (AvgIpc) is 2.16. The molecule has 3 heteroatoms. The average molecular weight is 194 g/mol. The van der Waals surface area contributed by atoms with E-state index in [9.17, 15) is 0 Å². The van der Waals surface area contributed by atoms with Gasteiger partial charge < -0.3 is 10.7 Å². The van der Waals surface area contributed by atoms with Crippen molar-refractivity contribution in [3.63, 3.8) is 0 Å². The maximum absolute atomic E-state index is 7.60. The van der Waals surface area contributed by atoms with Gasteiger partial charge in [0.1, 0.15) is 0 Å². The SMILES string of the molecule is CNc1ccc(SC)cc1C(C)=N. The molecule has 1 aromatic rings. The molecular formula is C10H14N2S. The predicted octanol–water partition coefficient (Wildman–Crippen LogP) is 2.84. The molecule has 0 fully saturated rings. The Morgan fingerprint density at radius 2 is 2.15 bits per heavy atom. The number of rotatable bonds is 3. The normalized spacial score (nSPS) is 9.77. The van der Waals surface area contributed by atoms with Crippen molar-refractivity contribution in [2.24, 2.45) is 0 Å². The van der Waals surface area contributed by atoms with Crippen molar-refractivity contribution in [2.75, 3.05) is 18.6 Å². The molecule has 0 saturated carbocycles. The molecule has 70 valence electrons. The number of benzene rings is 1. The molecule has 0 heterocycles. The van der Waals surface area contributed by atoms with E-state index in [1.54, 1.807) is 18.7 Å². The first-order valence-corrected chi connectivity index (χ1v) is 5.33. The Balaban J connectivity index is 3.18. The molecule has 0 aromatic heterocycles. The van der Waals surface area contributed by atoms with E-state index in [0.717, 1.165) is 11.3 Å². The van der Waals surface area contributed by atoms with E-state index in [2.05, 4.69) is 11.4 Å². The second-order valence-electron chi connectivity index (χ2n) is 2.79. The van der Waals surface area contributed by atoms with Crippen LogP contribution in [0.2, 0.25) is 0 Å². The molecule has 0 aliphatic rings. The topological polar surface area (TPSA) is 35.9 Å². The van der Waals surface area contributed by atoms with E-state index in [1.807, 2.05) is 25.4 Å². The van der Waals surface area contributed by atoms with Crippen molar-refractivity contribution >= 4 is 23.2 Å². The largest absolute Gasteiger partial charge is 0.388 e. The van der Waals surface area contributed by atoms with Crippen LogP contribution in [0.3, 0.4) is 0 Å². The van der Waals surface area contributed by atoms with Gasteiger partial charge in [0.2, 0.25) is 0 Å². The number of thioether (sulfide) groups is 1. The molecule has 1 rings (SSSR count). The summed E-state index contributed by atoms with van der Waals surface area (Å²) in [5.41, 5.74) is 2.60. The molecule has 0 unspecified atom stereocenters. The minimum atomic E-state index is 0.597. The van der Waals surface area contributed by atoms with Crippen LogP contribution in [0.5, 0.6) is 0 Å². The van der Waals surface area contributed by atoms with Crippen molar-refractivity contribution < 1.29 is 0 Å². The Hall–Kier alpha value is -0.960. The summed E-state index contributed by atoms with van der Waals surface area (Å²) in [6.07, 6.45) is 2.04. The molecule has 0 bridgehead atoms. The zero-order valence-corrected chi connectivity index (χ0v) is 8.96.